The second kappa shape index (κ2) is 7.79. The lowest BCUT2D eigenvalue weighted by atomic mass is 10.3. The molecule has 0 aliphatic carbocycles. The lowest BCUT2D eigenvalue weighted by Gasteiger charge is -2.20. The second-order valence-electron chi connectivity index (χ2n) is 3.48. The molecule has 4 nitrogen and oxygen atoms in total. The lowest BCUT2D eigenvalue weighted by Crippen LogP contribution is -2.28. The van der Waals surface area contributed by atoms with Crippen LogP contribution in [0.5, 0.6) is 5.75 Å². The maximum atomic E-state index is 11.1. The quantitative estimate of drug-likeness (QED) is 0.356. The monoisotopic (exact) mass is 268 g/mol. The number of aliphatic hydroxyl groups is 1. The van der Waals surface area contributed by atoms with Crippen molar-refractivity contribution in [3.05, 3.63) is 43.0 Å². The highest BCUT2D eigenvalue weighted by Crippen LogP contribution is 2.23. The maximum Gasteiger partial charge on any atom is 0.331 e. The molecule has 0 fully saturated rings. The van der Waals surface area contributed by atoms with Crippen LogP contribution in [0.1, 0.15) is 13.3 Å². The van der Waals surface area contributed by atoms with E-state index >= 15 is 0 Å². The predicted molar refractivity (Wildman–Crippen MR) is 71.0 cm³/mol. The largest absolute Gasteiger partial charge is 0.442 e. The first-order valence-electron chi connectivity index (χ1n) is 5.56. The van der Waals surface area contributed by atoms with Crippen LogP contribution in [0.4, 0.5) is 0 Å². The van der Waals surface area contributed by atoms with E-state index in [2.05, 4.69) is 6.58 Å². The summed E-state index contributed by atoms with van der Waals surface area (Å²) >= 11 is 0.910. The Hall–Kier alpha value is -1.46. The van der Waals surface area contributed by atoms with E-state index in [4.69, 9.17) is 8.92 Å². The molecule has 0 amide bonds. The average Bonchev–Trinajstić information content (AvgIpc) is 2.43. The molecule has 0 radical (unpaired) electrons. The van der Waals surface area contributed by atoms with Gasteiger partial charge in [-0.1, -0.05) is 31.7 Å². The zero-order valence-electron chi connectivity index (χ0n) is 10.1. The molecule has 5 heteroatoms. The van der Waals surface area contributed by atoms with Crippen LogP contribution in [0.3, 0.4) is 0 Å². The van der Waals surface area contributed by atoms with E-state index in [0.29, 0.717) is 12.2 Å². The molecule has 18 heavy (non-hydrogen) atoms. The summed E-state index contributed by atoms with van der Waals surface area (Å²) in [5.41, 5.74) is -0.777. The van der Waals surface area contributed by atoms with Gasteiger partial charge in [-0.15, -0.1) is 0 Å². The van der Waals surface area contributed by atoms with Gasteiger partial charge >= 0.3 is 5.97 Å². The summed E-state index contributed by atoms with van der Waals surface area (Å²) in [6.07, 6.45) is 0.723. The van der Waals surface area contributed by atoms with E-state index in [9.17, 15) is 9.90 Å². The summed E-state index contributed by atoms with van der Waals surface area (Å²) in [7, 11) is 0. The van der Waals surface area contributed by atoms with Gasteiger partial charge in [0.05, 0.1) is 0 Å². The Morgan fingerprint density at radius 3 is 2.72 bits per heavy atom. The molecule has 0 saturated heterocycles. The molecule has 1 aromatic rings. The SMILES string of the molecule is C=CC(=O)OC(SOc1ccccc1)C(O)CC. The first-order chi connectivity index (χ1) is 8.67. The van der Waals surface area contributed by atoms with Gasteiger partial charge in [-0.25, -0.2) is 4.79 Å². The first-order valence-corrected chi connectivity index (χ1v) is 6.37. The minimum Gasteiger partial charge on any atom is -0.442 e. The number of hydrogen-bond donors (Lipinski definition) is 1. The van der Waals surface area contributed by atoms with Crippen molar-refractivity contribution in [1.82, 2.24) is 0 Å². The zero-order chi connectivity index (χ0) is 13.4. The number of benzene rings is 1. The normalized spacial score (nSPS) is 13.4. The Balaban J connectivity index is 2.56. The standard InChI is InChI=1S/C13H16O4S/c1-3-11(14)13(16-12(15)4-2)18-17-10-8-6-5-7-9-10/h4-9,11,13-14H,2-3H2,1H3. The van der Waals surface area contributed by atoms with Gasteiger partial charge in [0.15, 0.2) is 0 Å². The number of carbonyl (C=O) groups is 1. The molecule has 0 spiro atoms. The maximum absolute atomic E-state index is 11.1. The molecule has 0 aliphatic rings. The number of hydrogen-bond acceptors (Lipinski definition) is 5. The molecule has 2 atom stereocenters. The Kier molecular flexibility index (Phi) is 6.32. The predicted octanol–water partition coefficient (Wildman–Crippen LogP) is 2.54. The molecule has 1 N–H and O–H groups in total. The van der Waals surface area contributed by atoms with E-state index in [0.717, 1.165) is 18.1 Å². The second-order valence-corrected chi connectivity index (χ2v) is 4.30. The lowest BCUT2D eigenvalue weighted by molar-refractivity contribution is -0.143. The van der Waals surface area contributed by atoms with Crippen molar-refractivity contribution >= 4 is 18.0 Å². The Morgan fingerprint density at radius 1 is 1.50 bits per heavy atom. The first kappa shape index (κ1) is 14.6. The molecular weight excluding hydrogens is 252 g/mol. The van der Waals surface area contributed by atoms with Gasteiger partial charge in [-0.05, 0) is 18.6 Å². The number of aliphatic hydroxyl groups excluding tert-OH is 1. The Morgan fingerprint density at radius 2 is 2.17 bits per heavy atom. The van der Waals surface area contributed by atoms with Gasteiger partial charge < -0.3 is 14.0 Å². The topological polar surface area (TPSA) is 55.8 Å². The highest BCUT2D eigenvalue weighted by molar-refractivity contribution is 7.95. The highest BCUT2D eigenvalue weighted by Gasteiger charge is 2.23. The summed E-state index contributed by atoms with van der Waals surface area (Å²) in [6.45, 7) is 5.11. The van der Waals surface area contributed by atoms with Crippen LogP contribution < -0.4 is 4.18 Å². The Labute approximate surface area is 111 Å². The van der Waals surface area contributed by atoms with E-state index in [1.807, 2.05) is 18.2 Å². The summed E-state index contributed by atoms with van der Waals surface area (Å²) in [5, 5.41) is 9.73. The fourth-order valence-corrected chi connectivity index (χ4v) is 1.87. The van der Waals surface area contributed by atoms with Crippen molar-refractivity contribution in [3.63, 3.8) is 0 Å². The number of ether oxygens (including phenoxy) is 1. The number of carbonyl (C=O) groups excluding carboxylic acids is 1. The molecule has 98 valence electrons. The fraction of sp³-hybridized carbons (Fsp3) is 0.308. The summed E-state index contributed by atoms with van der Waals surface area (Å²) < 4.78 is 10.4. The van der Waals surface area contributed by atoms with E-state index in [-0.39, 0.29) is 0 Å². The van der Waals surface area contributed by atoms with Crippen molar-refractivity contribution in [3.8, 4) is 5.75 Å². The third-order valence-electron chi connectivity index (χ3n) is 2.11. The molecular formula is C13H16O4S. The highest BCUT2D eigenvalue weighted by atomic mass is 32.2. The third kappa shape index (κ3) is 4.81. The van der Waals surface area contributed by atoms with E-state index in [1.54, 1.807) is 19.1 Å². The van der Waals surface area contributed by atoms with Gasteiger partial charge in [0, 0.05) is 6.08 Å². The number of esters is 1. The number of para-hydroxylation sites is 1. The molecule has 0 saturated carbocycles. The van der Waals surface area contributed by atoms with Crippen LogP contribution in [0.15, 0.2) is 43.0 Å². The van der Waals surface area contributed by atoms with Crippen LogP contribution in [0.2, 0.25) is 0 Å². The van der Waals surface area contributed by atoms with Crippen LogP contribution in [0.25, 0.3) is 0 Å². The molecule has 0 aliphatic heterocycles. The van der Waals surface area contributed by atoms with E-state index < -0.39 is 17.5 Å². The minimum atomic E-state index is -0.789. The van der Waals surface area contributed by atoms with Crippen LogP contribution in [0, 0.1) is 0 Å². The van der Waals surface area contributed by atoms with Crippen LogP contribution in [-0.2, 0) is 9.53 Å². The van der Waals surface area contributed by atoms with Gasteiger partial charge in [0.1, 0.15) is 23.9 Å². The van der Waals surface area contributed by atoms with Gasteiger partial charge in [-0.3, -0.25) is 0 Å². The zero-order valence-corrected chi connectivity index (χ0v) is 10.9. The Bertz CT molecular complexity index is 380. The van der Waals surface area contributed by atoms with Gasteiger partial charge in [-0.2, -0.15) is 0 Å². The van der Waals surface area contributed by atoms with Gasteiger partial charge in [0.25, 0.3) is 0 Å². The van der Waals surface area contributed by atoms with Crippen molar-refractivity contribution < 1.29 is 18.8 Å². The van der Waals surface area contributed by atoms with Crippen molar-refractivity contribution in [2.45, 2.75) is 24.9 Å². The molecule has 0 bridgehead atoms. The fourth-order valence-electron chi connectivity index (χ4n) is 1.10. The summed E-state index contributed by atoms with van der Waals surface area (Å²) in [5.74, 6) is 0.0436. The van der Waals surface area contributed by atoms with Crippen molar-refractivity contribution in [1.29, 1.82) is 0 Å². The summed E-state index contributed by atoms with van der Waals surface area (Å²) in [6, 6.07) is 9.08. The molecule has 0 heterocycles. The van der Waals surface area contributed by atoms with Crippen molar-refractivity contribution in [2.75, 3.05) is 0 Å². The van der Waals surface area contributed by atoms with E-state index in [1.165, 1.54) is 0 Å². The molecule has 1 rings (SSSR count). The molecule has 0 aromatic heterocycles. The van der Waals surface area contributed by atoms with Gasteiger partial charge in [0.2, 0.25) is 5.44 Å². The smallest absolute Gasteiger partial charge is 0.331 e. The average molecular weight is 268 g/mol. The number of rotatable bonds is 7. The van der Waals surface area contributed by atoms with Crippen LogP contribution in [-0.4, -0.2) is 22.6 Å². The summed E-state index contributed by atoms with van der Waals surface area (Å²) in [4.78, 5) is 11.1. The minimum absolute atomic E-state index is 0.459. The third-order valence-corrected chi connectivity index (χ3v) is 3.00. The molecule has 2 unspecified atom stereocenters. The molecule has 1 aromatic carbocycles. The van der Waals surface area contributed by atoms with Crippen LogP contribution >= 0.6 is 12.0 Å². The van der Waals surface area contributed by atoms with Crippen molar-refractivity contribution in [2.24, 2.45) is 0 Å².